The molecule has 0 saturated heterocycles. The van der Waals surface area contributed by atoms with Gasteiger partial charge in [-0.3, -0.25) is 4.79 Å². The second-order valence-corrected chi connectivity index (χ2v) is 7.54. The zero-order valence-electron chi connectivity index (χ0n) is 12.4. The highest BCUT2D eigenvalue weighted by Crippen LogP contribution is 2.35. The van der Waals surface area contributed by atoms with Crippen LogP contribution < -0.4 is 0 Å². The number of thiophene rings is 1. The van der Waals surface area contributed by atoms with E-state index in [0.717, 1.165) is 24.3 Å². The van der Waals surface area contributed by atoms with Crippen LogP contribution in [0.3, 0.4) is 0 Å². The molecule has 0 aliphatic heterocycles. The number of carbonyl (C=O) groups is 1. The fourth-order valence-corrected chi connectivity index (χ4v) is 3.48. The highest BCUT2D eigenvalue weighted by Gasteiger charge is 2.31. The van der Waals surface area contributed by atoms with E-state index >= 15 is 0 Å². The number of rotatable bonds is 5. The fourth-order valence-electron chi connectivity index (χ4n) is 2.47. The van der Waals surface area contributed by atoms with Gasteiger partial charge in [0.1, 0.15) is 0 Å². The predicted octanol–water partition coefficient (Wildman–Crippen LogP) is 4.43. The van der Waals surface area contributed by atoms with E-state index < -0.39 is 0 Å². The second kappa shape index (κ2) is 5.76. The lowest BCUT2D eigenvalue weighted by Gasteiger charge is -2.34. The van der Waals surface area contributed by atoms with Crippen LogP contribution in [0.4, 0.5) is 0 Å². The summed E-state index contributed by atoms with van der Waals surface area (Å²) in [5, 5.41) is 0. The Morgan fingerprint density at radius 2 is 2.05 bits per heavy atom. The summed E-state index contributed by atoms with van der Waals surface area (Å²) in [6.45, 7) is 9.37. The second-order valence-electron chi connectivity index (χ2n) is 6.46. The monoisotopic (exact) mass is 280 g/mol. The first-order valence-corrected chi connectivity index (χ1v) is 7.97. The van der Waals surface area contributed by atoms with Gasteiger partial charge in [0.15, 0.2) is 5.78 Å². The minimum Gasteiger partial charge on any atom is -0.378 e. The zero-order chi connectivity index (χ0) is 14.0. The predicted molar refractivity (Wildman–Crippen MR) is 80.1 cm³/mol. The summed E-state index contributed by atoms with van der Waals surface area (Å²) in [6, 6.07) is 4.09. The molecule has 1 aromatic rings. The normalized spacial score (nSPS) is 23.2. The van der Waals surface area contributed by atoms with E-state index in [9.17, 15) is 4.79 Å². The molecular formula is C16H24O2S. The van der Waals surface area contributed by atoms with E-state index in [2.05, 4.69) is 26.8 Å². The van der Waals surface area contributed by atoms with Crippen molar-refractivity contribution in [3.05, 3.63) is 21.9 Å². The molecule has 2 rings (SSSR count). The average Bonchev–Trinajstić information content (AvgIpc) is 2.74. The van der Waals surface area contributed by atoms with Crippen LogP contribution in [0.5, 0.6) is 0 Å². The van der Waals surface area contributed by atoms with E-state index in [1.165, 1.54) is 4.88 Å². The first-order valence-electron chi connectivity index (χ1n) is 7.15. The van der Waals surface area contributed by atoms with Gasteiger partial charge < -0.3 is 4.74 Å². The largest absolute Gasteiger partial charge is 0.378 e. The van der Waals surface area contributed by atoms with E-state index in [0.29, 0.717) is 24.2 Å². The van der Waals surface area contributed by atoms with Crippen molar-refractivity contribution in [1.29, 1.82) is 0 Å². The maximum Gasteiger partial charge on any atom is 0.173 e. The minimum atomic E-state index is 0.139. The lowest BCUT2D eigenvalue weighted by Crippen LogP contribution is -2.32. The number of Topliss-reactive ketones (excluding diaryl/α,β-unsaturated/α-hetero) is 1. The molecule has 106 valence electrons. The molecule has 1 fully saturated rings. The van der Waals surface area contributed by atoms with Crippen molar-refractivity contribution >= 4 is 17.1 Å². The molecule has 0 amide bonds. The summed E-state index contributed by atoms with van der Waals surface area (Å²) < 4.78 is 5.54. The van der Waals surface area contributed by atoms with Crippen molar-refractivity contribution in [3.8, 4) is 0 Å². The van der Waals surface area contributed by atoms with E-state index in [1.807, 2.05) is 13.0 Å². The molecule has 19 heavy (non-hydrogen) atoms. The van der Waals surface area contributed by atoms with Crippen molar-refractivity contribution in [3.63, 3.8) is 0 Å². The molecule has 1 aliphatic rings. The van der Waals surface area contributed by atoms with Crippen LogP contribution in [0.1, 0.15) is 61.5 Å². The number of hydrogen-bond acceptors (Lipinski definition) is 3. The number of hydrogen-bond donors (Lipinski definition) is 0. The summed E-state index contributed by atoms with van der Waals surface area (Å²) in [5.74, 6) is 0.838. The van der Waals surface area contributed by atoms with Crippen LogP contribution in [-0.2, 0) is 10.2 Å². The van der Waals surface area contributed by atoms with Gasteiger partial charge >= 0.3 is 0 Å². The lowest BCUT2D eigenvalue weighted by molar-refractivity contribution is -0.0245. The van der Waals surface area contributed by atoms with E-state index in [1.54, 1.807) is 11.3 Å². The average molecular weight is 280 g/mol. The van der Waals surface area contributed by atoms with E-state index in [4.69, 9.17) is 4.74 Å². The molecular weight excluding hydrogens is 256 g/mol. The molecule has 3 heteroatoms. The minimum absolute atomic E-state index is 0.139. The highest BCUT2D eigenvalue weighted by molar-refractivity contribution is 7.14. The van der Waals surface area contributed by atoms with Crippen LogP contribution in [0.2, 0.25) is 0 Å². The van der Waals surface area contributed by atoms with Gasteiger partial charge in [-0.2, -0.15) is 0 Å². The Bertz CT molecular complexity index is 436. The molecule has 0 spiro atoms. The summed E-state index contributed by atoms with van der Waals surface area (Å²) in [6.07, 6.45) is 3.19. The Balaban J connectivity index is 1.86. The zero-order valence-corrected chi connectivity index (χ0v) is 13.2. The van der Waals surface area contributed by atoms with Gasteiger partial charge in [0.25, 0.3) is 0 Å². The first kappa shape index (κ1) is 14.7. The van der Waals surface area contributed by atoms with Crippen LogP contribution in [-0.4, -0.2) is 18.5 Å². The van der Waals surface area contributed by atoms with Crippen LogP contribution in [0.15, 0.2) is 12.1 Å². The Labute approximate surface area is 120 Å². The summed E-state index contributed by atoms with van der Waals surface area (Å²) >= 11 is 1.65. The van der Waals surface area contributed by atoms with Gasteiger partial charge in [-0.05, 0) is 43.2 Å². The smallest absolute Gasteiger partial charge is 0.173 e. The molecule has 0 radical (unpaired) electrons. The Morgan fingerprint density at radius 1 is 1.37 bits per heavy atom. The maximum absolute atomic E-state index is 12.2. The fraction of sp³-hybridized carbons (Fsp3) is 0.688. The number of ketones is 1. The van der Waals surface area contributed by atoms with Crippen molar-refractivity contribution in [2.75, 3.05) is 6.61 Å². The highest BCUT2D eigenvalue weighted by atomic mass is 32.1. The van der Waals surface area contributed by atoms with Crippen molar-refractivity contribution in [1.82, 2.24) is 0 Å². The van der Waals surface area contributed by atoms with Crippen LogP contribution in [0, 0.1) is 5.92 Å². The summed E-state index contributed by atoms with van der Waals surface area (Å²) in [5.41, 5.74) is 0.139. The molecule has 0 N–H and O–H groups in total. The van der Waals surface area contributed by atoms with Gasteiger partial charge in [-0.15, -0.1) is 11.3 Å². The third-order valence-corrected chi connectivity index (χ3v) is 5.24. The van der Waals surface area contributed by atoms with Gasteiger partial charge in [-0.1, -0.05) is 20.8 Å². The van der Waals surface area contributed by atoms with Gasteiger partial charge in [0, 0.05) is 17.9 Å². The van der Waals surface area contributed by atoms with Crippen LogP contribution in [0.25, 0.3) is 0 Å². The van der Waals surface area contributed by atoms with Crippen molar-refractivity contribution in [2.45, 2.75) is 58.5 Å². The number of carbonyl (C=O) groups excluding carboxylic acids is 1. The molecule has 1 heterocycles. The molecule has 2 nitrogen and oxygen atoms in total. The quantitative estimate of drug-likeness (QED) is 0.746. The topological polar surface area (TPSA) is 26.3 Å². The van der Waals surface area contributed by atoms with Gasteiger partial charge in [0.05, 0.1) is 11.0 Å². The molecule has 1 saturated carbocycles. The molecule has 0 aromatic carbocycles. The van der Waals surface area contributed by atoms with Crippen molar-refractivity contribution < 1.29 is 9.53 Å². The Kier molecular flexibility index (Phi) is 4.46. The summed E-state index contributed by atoms with van der Waals surface area (Å²) in [4.78, 5) is 14.4. The molecule has 0 bridgehead atoms. The van der Waals surface area contributed by atoms with Crippen molar-refractivity contribution in [2.24, 2.45) is 5.92 Å². The van der Waals surface area contributed by atoms with Gasteiger partial charge in [-0.25, -0.2) is 0 Å². The maximum atomic E-state index is 12.2. The third-order valence-electron chi connectivity index (χ3n) is 3.69. The number of ether oxygens (including phenoxy) is 1. The van der Waals surface area contributed by atoms with Gasteiger partial charge in [0.2, 0.25) is 0 Å². The lowest BCUT2D eigenvalue weighted by atomic mass is 9.79. The third kappa shape index (κ3) is 3.67. The Hall–Kier alpha value is -0.670. The SMILES string of the molecule is CCOC1CC(CC(=O)c2ccc(C(C)(C)C)s2)C1. The summed E-state index contributed by atoms with van der Waals surface area (Å²) in [7, 11) is 0. The van der Waals surface area contributed by atoms with E-state index in [-0.39, 0.29) is 5.41 Å². The standard InChI is InChI=1S/C16H24O2S/c1-5-18-12-8-11(9-12)10-13(17)14-6-7-15(19-14)16(2,3)4/h6-7,11-12H,5,8-10H2,1-4H3. The molecule has 1 aromatic heterocycles. The van der Waals surface area contributed by atoms with Crippen LogP contribution >= 0.6 is 11.3 Å². The molecule has 0 atom stereocenters. The molecule has 0 unspecified atom stereocenters. The first-order chi connectivity index (χ1) is 8.90. The Morgan fingerprint density at radius 3 is 2.58 bits per heavy atom. The molecule has 1 aliphatic carbocycles.